The molecule has 0 unspecified atom stereocenters. The zero-order valence-electron chi connectivity index (χ0n) is 17.7. The highest BCUT2D eigenvalue weighted by atomic mass is 31.2. The summed E-state index contributed by atoms with van der Waals surface area (Å²) in [6, 6.07) is 0. The third-order valence-electron chi connectivity index (χ3n) is 4.20. The van der Waals surface area contributed by atoms with Crippen LogP contribution in [0.2, 0.25) is 0 Å². The van der Waals surface area contributed by atoms with Crippen molar-refractivity contribution in [2.45, 2.75) is 90.1 Å². The number of unbranched alkanes of at least 4 members (excludes halogenated alkanes) is 8. The first-order valence-electron chi connectivity index (χ1n) is 10.7. The Hall–Kier alpha value is -0.980. The van der Waals surface area contributed by atoms with Crippen LogP contribution < -0.4 is 0 Å². The van der Waals surface area contributed by atoms with Crippen LogP contribution in [0.15, 0.2) is 24.3 Å². The van der Waals surface area contributed by atoms with E-state index < -0.39 is 26.5 Å². The molecule has 0 heterocycles. The topological polar surface area (TPSA) is 113 Å². The minimum absolute atomic E-state index is 0.274. The Morgan fingerprint density at radius 2 is 1.48 bits per heavy atom. The first-order chi connectivity index (χ1) is 13.8. The lowest BCUT2D eigenvalue weighted by atomic mass is 10.1. The molecule has 0 bridgehead atoms. The van der Waals surface area contributed by atoms with Gasteiger partial charge < -0.3 is 19.6 Å². The van der Waals surface area contributed by atoms with Crippen molar-refractivity contribution in [1.82, 2.24) is 0 Å². The highest BCUT2D eigenvalue weighted by Crippen LogP contribution is 2.35. The molecule has 0 spiro atoms. The first kappa shape index (κ1) is 28.0. The lowest BCUT2D eigenvalue weighted by Crippen LogP contribution is -2.23. The highest BCUT2D eigenvalue weighted by Gasteiger charge is 2.17. The average molecular weight is 435 g/mol. The van der Waals surface area contributed by atoms with Gasteiger partial charge in [-0.3, -0.25) is 9.32 Å². The van der Waals surface area contributed by atoms with Crippen LogP contribution in [0.25, 0.3) is 0 Å². The Bertz CT molecular complexity index is 499. The van der Waals surface area contributed by atoms with Crippen LogP contribution in [-0.2, 0) is 18.6 Å². The maximum atomic E-state index is 11.5. The molecular weight excluding hydrogens is 395 g/mol. The van der Waals surface area contributed by atoms with Crippen LogP contribution in [0.5, 0.6) is 0 Å². The van der Waals surface area contributed by atoms with E-state index in [-0.39, 0.29) is 13.0 Å². The van der Waals surface area contributed by atoms with Gasteiger partial charge in [0.25, 0.3) is 0 Å². The number of allylic oxidation sites excluding steroid dienone is 4. The Kier molecular flexibility index (Phi) is 18.4. The Morgan fingerprint density at radius 1 is 0.897 bits per heavy atom. The first-order valence-corrected chi connectivity index (χ1v) is 12.2. The molecule has 7 nitrogen and oxygen atoms in total. The minimum atomic E-state index is -4.62. The normalized spacial score (nSPS) is 13.4. The van der Waals surface area contributed by atoms with Crippen LogP contribution >= 0.6 is 7.82 Å². The number of carbonyl (C=O) groups excluding carboxylic acids is 1. The number of hydrogen-bond acceptors (Lipinski definition) is 5. The van der Waals surface area contributed by atoms with E-state index in [2.05, 4.69) is 35.8 Å². The van der Waals surface area contributed by atoms with E-state index in [1.165, 1.54) is 25.7 Å². The third kappa shape index (κ3) is 23.2. The molecule has 0 aliphatic carbocycles. The van der Waals surface area contributed by atoms with E-state index in [1.54, 1.807) is 0 Å². The fraction of sp³-hybridized carbons (Fsp3) is 0.762. The van der Waals surface area contributed by atoms with Crippen molar-refractivity contribution in [3.8, 4) is 0 Å². The zero-order chi connectivity index (χ0) is 21.8. The monoisotopic (exact) mass is 434 g/mol. The summed E-state index contributed by atoms with van der Waals surface area (Å²) >= 11 is 0. The number of hydrogen-bond donors (Lipinski definition) is 3. The van der Waals surface area contributed by atoms with Gasteiger partial charge >= 0.3 is 13.8 Å². The van der Waals surface area contributed by atoms with Gasteiger partial charge in [0, 0.05) is 6.42 Å². The number of aliphatic hydroxyl groups excluding tert-OH is 1. The van der Waals surface area contributed by atoms with Crippen molar-refractivity contribution >= 4 is 13.8 Å². The predicted molar refractivity (Wildman–Crippen MR) is 114 cm³/mol. The van der Waals surface area contributed by atoms with Gasteiger partial charge in [-0.2, -0.15) is 0 Å². The van der Waals surface area contributed by atoms with Crippen LogP contribution in [0, 0.1) is 0 Å². The molecule has 170 valence electrons. The Balaban J connectivity index is 3.44. The summed E-state index contributed by atoms with van der Waals surface area (Å²) in [5, 5.41) is 9.41. The van der Waals surface area contributed by atoms with Crippen LogP contribution in [0.1, 0.15) is 84.0 Å². The largest absolute Gasteiger partial charge is 0.469 e. The highest BCUT2D eigenvalue weighted by molar-refractivity contribution is 7.46. The van der Waals surface area contributed by atoms with E-state index >= 15 is 0 Å². The summed E-state index contributed by atoms with van der Waals surface area (Å²) in [6.45, 7) is 1.30. The predicted octanol–water partition coefficient (Wildman–Crippen LogP) is 4.81. The summed E-state index contributed by atoms with van der Waals surface area (Å²) in [5.74, 6) is -0.425. The molecule has 1 atom stereocenters. The van der Waals surface area contributed by atoms with Crippen molar-refractivity contribution in [1.29, 1.82) is 0 Å². The summed E-state index contributed by atoms with van der Waals surface area (Å²) < 4.78 is 19.5. The van der Waals surface area contributed by atoms with Gasteiger partial charge in [0.15, 0.2) is 0 Å². The summed E-state index contributed by atoms with van der Waals surface area (Å²) in [7, 11) is -4.62. The van der Waals surface area contributed by atoms with Crippen molar-refractivity contribution in [3.05, 3.63) is 24.3 Å². The fourth-order valence-electron chi connectivity index (χ4n) is 2.57. The van der Waals surface area contributed by atoms with Gasteiger partial charge in [-0.25, -0.2) is 4.57 Å². The fourth-order valence-corrected chi connectivity index (χ4v) is 2.94. The van der Waals surface area contributed by atoms with Crippen molar-refractivity contribution < 1.29 is 33.5 Å². The summed E-state index contributed by atoms with van der Waals surface area (Å²) in [6.07, 6.45) is 20.1. The quantitative estimate of drug-likeness (QED) is 0.116. The molecule has 0 aromatic carbocycles. The molecule has 29 heavy (non-hydrogen) atoms. The average Bonchev–Trinajstić information content (AvgIpc) is 2.67. The van der Waals surface area contributed by atoms with Crippen LogP contribution in [-0.4, -0.2) is 40.2 Å². The smallest absolute Gasteiger partial charge is 0.463 e. The maximum absolute atomic E-state index is 11.5. The van der Waals surface area contributed by atoms with E-state index in [0.717, 1.165) is 44.9 Å². The molecule has 0 amide bonds. The molecule has 8 heteroatoms. The minimum Gasteiger partial charge on any atom is -0.463 e. The van der Waals surface area contributed by atoms with Crippen LogP contribution in [0.3, 0.4) is 0 Å². The molecule has 3 N–H and O–H groups in total. The third-order valence-corrected chi connectivity index (χ3v) is 4.69. The molecule has 0 saturated carbocycles. The number of carbonyl (C=O) groups is 1. The van der Waals surface area contributed by atoms with E-state index in [1.807, 2.05) is 0 Å². The number of phosphoric acid groups is 1. The van der Waals surface area contributed by atoms with Crippen molar-refractivity contribution in [2.75, 3.05) is 13.2 Å². The lowest BCUT2D eigenvalue weighted by molar-refractivity contribution is -0.147. The SMILES string of the molecule is CCCCCC=CCC=CCCCCCCCC(=O)OC[C@@H](O)COP(=O)(O)O. The standard InChI is InChI=1S/C21H39O7P/c1-2-3-4-5-6-7-8-9-10-11-12-13-14-15-16-17-21(23)27-18-20(22)19-28-29(24,25)26/h6-7,9-10,20,22H,2-5,8,11-19H2,1H3,(H2,24,25,26)/t20-/m1/s1. The molecule has 0 aromatic rings. The second-order valence-electron chi connectivity index (χ2n) is 7.10. The number of ether oxygens (including phenoxy) is 1. The second-order valence-corrected chi connectivity index (χ2v) is 8.34. The van der Waals surface area contributed by atoms with Gasteiger partial charge in [0.05, 0.1) is 6.61 Å². The second kappa shape index (κ2) is 19.0. The van der Waals surface area contributed by atoms with Crippen LogP contribution in [0.4, 0.5) is 0 Å². The van der Waals surface area contributed by atoms with E-state index in [9.17, 15) is 14.5 Å². The molecule has 0 radical (unpaired) electrons. The molecule has 0 saturated heterocycles. The van der Waals surface area contributed by atoms with Gasteiger partial charge in [-0.05, 0) is 38.5 Å². The molecular formula is C21H39O7P. The van der Waals surface area contributed by atoms with E-state index in [4.69, 9.17) is 14.5 Å². The Labute approximate surface area is 175 Å². The Morgan fingerprint density at radius 3 is 2.10 bits per heavy atom. The lowest BCUT2D eigenvalue weighted by Gasteiger charge is -2.12. The molecule has 0 rings (SSSR count). The van der Waals surface area contributed by atoms with E-state index in [0.29, 0.717) is 0 Å². The number of phosphoric ester groups is 1. The van der Waals surface area contributed by atoms with Gasteiger partial charge in [0.1, 0.15) is 12.7 Å². The number of aliphatic hydroxyl groups is 1. The van der Waals surface area contributed by atoms with Gasteiger partial charge in [0.2, 0.25) is 0 Å². The zero-order valence-corrected chi connectivity index (χ0v) is 18.6. The van der Waals surface area contributed by atoms with Gasteiger partial charge in [-0.1, -0.05) is 63.3 Å². The molecule has 0 aliphatic rings. The number of rotatable bonds is 19. The van der Waals surface area contributed by atoms with Crippen molar-refractivity contribution in [2.24, 2.45) is 0 Å². The maximum Gasteiger partial charge on any atom is 0.469 e. The van der Waals surface area contributed by atoms with Crippen molar-refractivity contribution in [3.63, 3.8) is 0 Å². The summed E-state index contributed by atoms with van der Waals surface area (Å²) in [5.41, 5.74) is 0. The number of esters is 1. The molecule has 0 fully saturated rings. The van der Waals surface area contributed by atoms with Gasteiger partial charge in [-0.15, -0.1) is 0 Å². The summed E-state index contributed by atoms with van der Waals surface area (Å²) in [4.78, 5) is 28.6. The molecule has 0 aliphatic heterocycles. The molecule has 0 aromatic heterocycles.